The number of hydrogen-bond donors (Lipinski definition) is 0. The van der Waals surface area contributed by atoms with Crippen LogP contribution < -0.4 is 4.74 Å². The van der Waals surface area contributed by atoms with E-state index in [-0.39, 0.29) is 11.9 Å². The Kier molecular flexibility index (Phi) is 5.09. The van der Waals surface area contributed by atoms with Gasteiger partial charge < -0.3 is 29.4 Å². The Hall–Kier alpha value is -1.71. The lowest BCUT2D eigenvalue weighted by molar-refractivity contribution is -0.389. The first kappa shape index (κ1) is 16.2. The van der Waals surface area contributed by atoms with Gasteiger partial charge in [0.05, 0.1) is 6.54 Å². The quantitative estimate of drug-likeness (QED) is 0.420. The number of ether oxygens (including phenoxy) is 2. The molecule has 9 nitrogen and oxygen atoms in total. The van der Waals surface area contributed by atoms with Gasteiger partial charge in [-0.05, 0) is 18.4 Å². The largest absolute Gasteiger partial charge is 0.443 e. The van der Waals surface area contributed by atoms with Crippen LogP contribution in [0.2, 0.25) is 0 Å². The fourth-order valence-electron chi connectivity index (χ4n) is 2.87. The molecule has 23 heavy (non-hydrogen) atoms. The van der Waals surface area contributed by atoms with Crippen molar-refractivity contribution in [1.82, 2.24) is 19.4 Å². The van der Waals surface area contributed by atoms with Gasteiger partial charge in [0.25, 0.3) is 0 Å². The molecular formula is C14H23N5O4. The van der Waals surface area contributed by atoms with Gasteiger partial charge in [0, 0.05) is 44.3 Å². The smallest absolute Gasteiger partial charge is 0.414 e. The van der Waals surface area contributed by atoms with Crippen LogP contribution in [0.4, 0.5) is 5.82 Å². The van der Waals surface area contributed by atoms with Gasteiger partial charge in [-0.1, -0.05) is 0 Å². The SMILES string of the molecule is CN1CCN(CCCOC2COc3nc([N+](=O)[O-])cn3C2)CC1. The molecule has 2 aliphatic rings. The van der Waals surface area contributed by atoms with Crippen molar-refractivity contribution in [2.24, 2.45) is 0 Å². The third-order valence-electron chi connectivity index (χ3n) is 4.28. The maximum Gasteiger partial charge on any atom is 0.414 e. The van der Waals surface area contributed by atoms with E-state index in [1.54, 1.807) is 4.57 Å². The molecule has 1 aromatic rings. The lowest BCUT2D eigenvalue weighted by Gasteiger charge is -2.32. The summed E-state index contributed by atoms with van der Waals surface area (Å²) in [5.74, 6) is -0.185. The van der Waals surface area contributed by atoms with Gasteiger partial charge in [-0.3, -0.25) is 4.57 Å². The van der Waals surface area contributed by atoms with Crippen molar-refractivity contribution in [3.05, 3.63) is 16.3 Å². The van der Waals surface area contributed by atoms with Crippen molar-refractivity contribution in [3.8, 4) is 6.01 Å². The first-order chi connectivity index (χ1) is 11.1. The number of piperazine rings is 1. The van der Waals surface area contributed by atoms with Crippen molar-refractivity contribution in [1.29, 1.82) is 0 Å². The summed E-state index contributed by atoms with van der Waals surface area (Å²) in [6.45, 7) is 7.14. The Morgan fingerprint density at radius 3 is 2.96 bits per heavy atom. The summed E-state index contributed by atoms with van der Waals surface area (Å²) in [4.78, 5) is 18.8. The van der Waals surface area contributed by atoms with E-state index < -0.39 is 4.92 Å². The minimum absolute atomic E-state index is 0.0798. The summed E-state index contributed by atoms with van der Waals surface area (Å²) in [5.41, 5.74) is 0. The van der Waals surface area contributed by atoms with Crippen molar-refractivity contribution in [2.75, 3.05) is 53.0 Å². The van der Waals surface area contributed by atoms with E-state index >= 15 is 0 Å². The highest BCUT2D eigenvalue weighted by molar-refractivity contribution is 5.21. The van der Waals surface area contributed by atoms with Crippen LogP contribution in [0.3, 0.4) is 0 Å². The maximum absolute atomic E-state index is 10.7. The molecule has 1 unspecified atom stereocenters. The Labute approximate surface area is 134 Å². The van der Waals surface area contributed by atoms with Crippen molar-refractivity contribution >= 4 is 5.82 Å². The van der Waals surface area contributed by atoms with Crippen LogP contribution in [-0.2, 0) is 11.3 Å². The van der Waals surface area contributed by atoms with Crippen LogP contribution in [0, 0.1) is 10.1 Å². The molecule has 1 aromatic heterocycles. The molecule has 0 bridgehead atoms. The van der Waals surface area contributed by atoms with Crippen molar-refractivity contribution in [2.45, 2.75) is 19.1 Å². The van der Waals surface area contributed by atoms with E-state index in [0.29, 0.717) is 25.8 Å². The van der Waals surface area contributed by atoms with E-state index in [1.807, 2.05) is 0 Å². The lowest BCUT2D eigenvalue weighted by atomic mass is 10.3. The van der Waals surface area contributed by atoms with E-state index in [1.165, 1.54) is 6.20 Å². The molecule has 0 aliphatic carbocycles. The van der Waals surface area contributed by atoms with Crippen molar-refractivity contribution in [3.63, 3.8) is 0 Å². The molecule has 1 fully saturated rings. The van der Waals surface area contributed by atoms with E-state index in [4.69, 9.17) is 9.47 Å². The maximum atomic E-state index is 10.7. The monoisotopic (exact) mass is 325 g/mol. The lowest BCUT2D eigenvalue weighted by Crippen LogP contribution is -2.44. The standard InChI is InChI=1S/C14H23N5O4/c1-16-4-6-17(7-5-16)3-2-8-22-12-9-18-10-13(19(20)21)15-14(18)23-11-12/h10,12H,2-9,11H2,1H3. The molecule has 2 aliphatic heterocycles. The Morgan fingerprint density at radius 1 is 1.43 bits per heavy atom. The average molecular weight is 325 g/mol. The molecule has 9 heteroatoms. The molecule has 0 saturated carbocycles. The second kappa shape index (κ2) is 7.24. The molecule has 0 amide bonds. The van der Waals surface area contributed by atoms with E-state index in [2.05, 4.69) is 21.8 Å². The number of fused-ring (bicyclic) bond motifs is 1. The number of nitrogens with zero attached hydrogens (tertiary/aromatic N) is 5. The predicted molar refractivity (Wildman–Crippen MR) is 82.7 cm³/mol. The van der Waals surface area contributed by atoms with Crippen molar-refractivity contribution < 1.29 is 14.4 Å². The van der Waals surface area contributed by atoms with Crippen LogP contribution in [0.15, 0.2) is 6.20 Å². The third-order valence-corrected chi connectivity index (χ3v) is 4.28. The molecule has 0 spiro atoms. The highest BCUT2D eigenvalue weighted by atomic mass is 16.6. The first-order valence-corrected chi connectivity index (χ1v) is 7.98. The fraction of sp³-hybridized carbons (Fsp3) is 0.786. The first-order valence-electron chi connectivity index (χ1n) is 7.98. The van der Waals surface area contributed by atoms with Gasteiger partial charge in [-0.2, -0.15) is 0 Å². The van der Waals surface area contributed by atoms with Gasteiger partial charge in [0.1, 0.15) is 18.9 Å². The molecule has 0 radical (unpaired) electrons. The molecule has 0 aromatic carbocycles. The van der Waals surface area contributed by atoms with Gasteiger partial charge in [-0.25, -0.2) is 0 Å². The molecule has 0 N–H and O–H groups in total. The summed E-state index contributed by atoms with van der Waals surface area (Å²) in [6, 6.07) is 0.300. The average Bonchev–Trinajstić information content (AvgIpc) is 2.97. The number of aromatic nitrogens is 2. The fourth-order valence-corrected chi connectivity index (χ4v) is 2.87. The van der Waals surface area contributed by atoms with E-state index in [0.717, 1.165) is 39.1 Å². The number of rotatable bonds is 6. The number of hydrogen-bond acceptors (Lipinski definition) is 7. The predicted octanol–water partition coefficient (Wildman–Crippen LogP) is 0.206. The summed E-state index contributed by atoms with van der Waals surface area (Å²) in [5, 5.41) is 10.7. The molecular weight excluding hydrogens is 302 g/mol. The summed E-state index contributed by atoms with van der Waals surface area (Å²) in [7, 11) is 2.15. The van der Waals surface area contributed by atoms with Crippen LogP contribution in [0.1, 0.15) is 6.42 Å². The Morgan fingerprint density at radius 2 is 2.22 bits per heavy atom. The zero-order chi connectivity index (χ0) is 16.2. The molecule has 1 atom stereocenters. The second-order valence-corrected chi connectivity index (χ2v) is 6.09. The minimum Gasteiger partial charge on any atom is -0.443 e. The normalized spacial score (nSPS) is 22.6. The second-order valence-electron chi connectivity index (χ2n) is 6.09. The van der Waals surface area contributed by atoms with Crippen LogP contribution in [0.25, 0.3) is 0 Å². The minimum atomic E-state index is -0.513. The van der Waals surface area contributed by atoms with Crippen LogP contribution in [0.5, 0.6) is 6.01 Å². The van der Waals surface area contributed by atoms with Gasteiger partial charge >= 0.3 is 11.8 Å². The highest BCUT2D eigenvalue weighted by Crippen LogP contribution is 2.22. The summed E-state index contributed by atoms with van der Waals surface area (Å²) >= 11 is 0. The van der Waals surface area contributed by atoms with Gasteiger partial charge in [0.2, 0.25) is 0 Å². The summed E-state index contributed by atoms with van der Waals surface area (Å²) in [6.07, 6.45) is 2.30. The molecule has 1 saturated heterocycles. The van der Waals surface area contributed by atoms with E-state index in [9.17, 15) is 10.1 Å². The molecule has 3 rings (SSSR count). The highest BCUT2D eigenvalue weighted by Gasteiger charge is 2.28. The van der Waals surface area contributed by atoms with Gasteiger partial charge in [-0.15, -0.1) is 0 Å². The summed E-state index contributed by atoms with van der Waals surface area (Å²) < 4.78 is 12.9. The van der Waals surface area contributed by atoms with Crippen LogP contribution >= 0.6 is 0 Å². The number of likely N-dealkylation sites (N-methyl/N-ethyl adjacent to an activating group) is 1. The topological polar surface area (TPSA) is 85.9 Å². The van der Waals surface area contributed by atoms with Crippen LogP contribution in [-0.4, -0.2) is 83.4 Å². The zero-order valence-corrected chi connectivity index (χ0v) is 13.4. The zero-order valence-electron chi connectivity index (χ0n) is 13.4. The molecule has 128 valence electrons. The third kappa shape index (κ3) is 4.18. The number of imidazole rings is 1. The Bertz CT molecular complexity index is 541. The van der Waals surface area contributed by atoms with Gasteiger partial charge in [0.15, 0.2) is 0 Å². The number of nitro groups is 1. The Balaban J connectivity index is 1.37. The molecule has 3 heterocycles.